The highest BCUT2D eigenvalue weighted by Crippen LogP contribution is 2.32. The number of aromatic carboxylic acids is 1. The van der Waals surface area contributed by atoms with E-state index in [2.05, 4.69) is 4.98 Å². The second-order valence-corrected chi connectivity index (χ2v) is 3.73. The minimum atomic E-state index is -1.05. The Morgan fingerprint density at radius 2 is 2.07 bits per heavy atom. The minimum Gasteiger partial charge on any atom is -0.478 e. The number of nitrogens with zero attached hydrogens (tertiary/aromatic N) is 1. The summed E-state index contributed by atoms with van der Waals surface area (Å²) in [5, 5.41) is 10.6. The van der Waals surface area contributed by atoms with Gasteiger partial charge < -0.3 is 5.11 Å². The van der Waals surface area contributed by atoms with E-state index in [1.54, 1.807) is 6.07 Å². The van der Waals surface area contributed by atoms with Crippen LogP contribution in [0.3, 0.4) is 0 Å². The van der Waals surface area contributed by atoms with E-state index in [-0.39, 0.29) is 10.6 Å². The summed E-state index contributed by atoms with van der Waals surface area (Å²) in [6, 6.07) is 2.96. The Balaban J connectivity index is 2.94. The molecule has 0 atom stereocenters. The number of carboxylic acids is 1. The van der Waals surface area contributed by atoms with Crippen molar-refractivity contribution in [3.63, 3.8) is 0 Å². The number of rotatable bonds is 1. The van der Waals surface area contributed by atoms with Crippen LogP contribution < -0.4 is 0 Å². The van der Waals surface area contributed by atoms with Crippen molar-refractivity contribution < 1.29 is 9.90 Å². The van der Waals surface area contributed by atoms with Crippen molar-refractivity contribution in [3.05, 3.63) is 40.1 Å². The Kier molecular flexibility index (Phi) is 2.50. The number of hydrogen-bond donors (Lipinski definition) is 1. The van der Waals surface area contributed by atoms with E-state index in [1.807, 2.05) is 0 Å². The second kappa shape index (κ2) is 3.68. The van der Waals surface area contributed by atoms with Crippen molar-refractivity contribution in [2.75, 3.05) is 0 Å². The summed E-state index contributed by atoms with van der Waals surface area (Å²) in [5.74, 6) is -1.05. The molecule has 2 rings (SSSR count). The average molecular weight is 242 g/mol. The lowest BCUT2D eigenvalue weighted by Gasteiger charge is -2.05. The highest BCUT2D eigenvalue weighted by molar-refractivity contribution is 6.45. The lowest BCUT2D eigenvalue weighted by atomic mass is 10.1. The van der Waals surface area contributed by atoms with Crippen LogP contribution in [0.2, 0.25) is 10.0 Å². The molecule has 0 amide bonds. The normalized spacial score (nSPS) is 10.5. The van der Waals surface area contributed by atoms with Crippen LogP contribution in [0.1, 0.15) is 10.4 Å². The van der Waals surface area contributed by atoms with Crippen molar-refractivity contribution in [3.8, 4) is 0 Å². The van der Waals surface area contributed by atoms with Crippen molar-refractivity contribution in [2.45, 2.75) is 0 Å². The van der Waals surface area contributed by atoms with Gasteiger partial charge in [0.05, 0.1) is 15.6 Å². The van der Waals surface area contributed by atoms with Gasteiger partial charge in [0.15, 0.2) is 0 Å². The Morgan fingerprint density at radius 3 is 2.73 bits per heavy atom. The summed E-state index contributed by atoms with van der Waals surface area (Å²) in [6.45, 7) is 0. The number of carbonyl (C=O) groups is 1. The van der Waals surface area contributed by atoms with Crippen LogP contribution in [0.4, 0.5) is 0 Å². The monoisotopic (exact) mass is 241 g/mol. The zero-order valence-corrected chi connectivity index (χ0v) is 8.88. The number of benzene rings is 1. The summed E-state index contributed by atoms with van der Waals surface area (Å²) < 4.78 is 0. The fraction of sp³-hybridized carbons (Fsp3) is 0. The third kappa shape index (κ3) is 1.64. The molecule has 0 aliphatic carbocycles. The summed E-state index contributed by atoms with van der Waals surface area (Å²) in [6.07, 6.45) is 3.00. The highest BCUT2D eigenvalue weighted by Gasteiger charge is 2.13. The first-order valence-electron chi connectivity index (χ1n) is 4.06. The topological polar surface area (TPSA) is 50.2 Å². The maximum absolute atomic E-state index is 10.9. The van der Waals surface area contributed by atoms with Gasteiger partial charge in [-0.1, -0.05) is 23.2 Å². The molecular weight excluding hydrogens is 237 g/mol. The molecule has 5 heteroatoms. The zero-order chi connectivity index (χ0) is 11.0. The molecule has 2 aromatic rings. The van der Waals surface area contributed by atoms with Crippen LogP contribution in [-0.2, 0) is 0 Å². The molecule has 76 valence electrons. The molecule has 0 saturated heterocycles. The largest absolute Gasteiger partial charge is 0.478 e. The van der Waals surface area contributed by atoms with Gasteiger partial charge >= 0.3 is 5.97 Å². The van der Waals surface area contributed by atoms with Gasteiger partial charge in [-0.3, -0.25) is 4.98 Å². The third-order valence-corrected chi connectivity index (χ3v) is 2.86. The van der Waals surface area contributed by atoms with E-state index in [9.17, 15) is 4.79 Å². The van der Waals surface area contributed by atoms with E-state index in [0.717, 1.165) is 0 Å². The predicted octanol–water partition coefficient (Wildman–Crippen LogP) is 3.24. The third-order valence-electron chi connectivity index (χ3n) is 2.06. The Hall–Kier alpha value is -1.32. The molecule has 1 N–H and O–H groups in total. The summed E-state index contributed by atoms with van der Waals surface area (Å²) in [4.78, 5) is 14.8. The molecule has 0 spiro atoms. The van der Waals surface area contributed by atoms with Gasteiger partial charge in [-0.05, 0) is 12.1 Å². The smallest absolute Gasteiger partial charge is 0.336 e. The van der Waals surface area contributed by atoms with E-state index in [1.165, 1.54) is 18.5 Å². The fourth-order valence-corrected chi connectivity index (χ4v) is 1.80. The highest BCUT2D eigenvalue weighted by atomic mass is 35.5. The summed E-state index contributed by atoms with van der Waals surface area (Å²) >= 11 is 11.8. The van der Waals surface area contributed by atoms with Crippen molar-refractivity contribution in [2.24, 2.45) is 0 Å². The molecule has 0 aliphatic heterocycles. The predicted molar refractivity (Wildman–Crippen MR) is 58.7 cm³/mol. The Morgan fingerprint density at radius 1 is 1.33 bits per heavy atom. The molecular formula is C10H5Cl2NO2. The number of pyridine rings is 1. The van der Waals surface area contributed by atoms with Gasteiger partial charge in [-0.2, -0.15) is 0 Å². The van der Waals surface area contributed by atoms with Crippen LogP contribution in [0.25, 0.3) is 10.8 Å². The van der Waals surface area contributed by atoms with E-state index in [4.69, 9.17) is 28.3 Å². The average Bonchev–Trinajstić information content (AvgIpc) is 2.23. The molecule has 1 aromatic heterocycles. The SMILES string of the molecule is O=C(O)c1cc(Cl)c(Cl)c2ccncc12. The fourth-order valence-electron chi connectivity index (χ4n) is 1.37. The van der Waals surface area contributed by atoms with Crippen molar-refractivity contribution in [1.29, 1.82) is 0 Å². The van der Waals surface area contributed by atoms with Gasteiger partial charge in [-0.25, -0.2) is 4.79 Å². The van der Waals surface area contributed by atoms with Crippen LogP contribution in [-0.4, -0.2) is 16.1 Å². The number of fused-ring (bicyclic) bond motifs is 1. The van der Waals surface area contributed by atoms with Gasteiger partial charge in [0.1, 0.15) is 0 Å². The summed E-state index contributed by atoms with van der Waals surface area (Å²) in [7, 11) is 0. The van der Waals surface area contributed by atoms with E-state index < -0.39 is 5.97 Å². The molecule has 3 nitrogen and oxygen atoms in total. The molecule has 0 fully saturated rings. The van der Waals surface area contributed by atoms with Crippen LogP contribution in [0.15, 0.2) is 24.5 Å². The number of hydrogen-bond acceptors (Lipinski definition) is 2. The van der Waals surface area contributed by atoms with Gasteiger partial charge in [0.2, 0.25) is 0 Å². The molecule has 1 aromatic carbocycles. The first kappa shape index (κ1) is 10.2. The number of halogens is 2. The van der Waals surface area contributed by atoms with E-state index in [0.29, 0.717) is 15.8 Å². The van der Waals surface area contributed by atoms with Crippen molar-refractivity contribution in [1.82, 2.24) is 4.98 Å². The van der Waals surface area contributed by atoms with Crippen molar-refractivity contribution >= 4 is 39.9 Å². The standard InChI is InChI=1S/C10H5Cl2NO2/c11-8-3-6(10(14)15)7-4-13-2-1-5(7)9(8)12/h1-4H,(H,14,15). The lowest BCUT2D eigenvalue weighted by Crippen LogP contribution is -1.98. The molecule has 0 bridgehead atoms. The molecule has 0 unspecified atom stereocenters. The van der Waals surface area contributed by atoms with Gasteiger partial charge in [-0.15, -0.1) is 0 Å². The zero-order valence-electron chi connectivity index (χ0n) is 7.37. The first-order valence-corrected chi connectivity index (χ1v) is 4.82. The van der Waals surface area contributed by atoms with E-state index >= 15 is 0 Å². The lowest BCUT2D eigenvalue weighted by molar-refractivity contribution is 0.0699. The maximum Gasteiger partial charge on any atom is 0.336 e. The summed E-state index contributed by atoms with van der Waals surface area (Å²) in [5.41, 5.74) is 0.104. The Bertz CT molecular complexity index is 554. The Labute approximate surface area is 95.3 Å². The molecule has 0 saturated carbocycles. The molecule has 1 heterocycles. The maximum atomic E-state index is 10.9. The first-order chi connectivity index (χ1) is 7.11. The van der Waals surface area contributed by atoms with Gasteiger partial charge in [0.25, 0.3) is 0 Å². The number of carboxylic acid groups (broad SMARTS) is 1. The molecule has 15 heavy (non-hydrogen) atoms. The quantitative estimate of drug-likeness (QED) is 0.834. The number of aromatic nitrogens is 1. The second-order valence-electron chi connectivity index (χ2n) is 2.95. The van der Waals surface area contributed by atoms with Crippen LogP contribution in [0.5, 0.6) is 0 Å². The minimum absolute atomic E-state index is 0.104. The molecule has 0 aliphatic rings. The van der Waals surface area contributed by atoms with Gasteiger partial charge in [0, 0.05) is 23.2 Å². The van der Waals surface area contributed by atoms with Crippen LogP contribution in [0, 0.1) is 0 Å². The molecule has 0 radical (unpaired) electrons. The van der Waals surface area contributed by atoms with Crippen LogP contribution >= 0.6 is 23.2 Å².